The van der Waals surface area contributed by atoms with E-state index in [1.54, 1.807) is 0 Å². The molecule has 1 saturated carbocycles. The van der Waals surface area contributed by atoms with Crippen molar-refractivity contribution in [3.8, 4) is 11.1 Å². The van der Waals surface area contributed by atoms with Crippen LogP contribution in [0.3, 0.4) is 0 Å². The number of morpholine rings is 1. The summed E-state index contributed by atoms with van der Waals surface area (Å²) >= 11 is 0. The van der Waals surface area contributed by atoms with Crippen LogP contribution in [0.5, 0.6) is 0 Å². The zero-order chi connectivity index (χ0) is 27.6. The molecule has 3 N–H and O–H groups in total. The molecule has 7 rings (SSSR count). The second-order valence-electron chi connectivity index (χ2n) is 11.4. The van der Waals surface area contributed by atoms with Gasteiger partial charge in [0, 0.05) is 67.3 Å². The summed E-state index contributed by atoms with van der Waals surface area (Å²) in [6, 6.07) is 13.5. The Balaban J connectivity index is 1.13. The van der Waals surface area contributed by atoms with E-state index in [-0.39, 0.29) is 0 Å². The number of hydrogen-bond acceptors (Lipinski definition) is 8. The van der Waals surface area contributed by atoms with Gasteiger partial charge in [0.15, 0.2) is 0 Å². The van der Waals surface area contributed by atoms with Gasteiger partial charge in [0.1, 0.15) is 11.6 Å². The molecule has 212 valence electrons. The van der Waals surface area contributed by atoms with Crippen molar-refractivity contribution in [2.24, 2.45) is 7.05 Å². The highest BCUT2D eigenvalue weighted by molar-refractivity contribution is 5.90. The van der Waals surface area contributed by atoms with Gasteiger partial charge in [0.05, 0.1) is 25.1 Å². The lowest BCUT2D eigenvalue weighted by Crippen LogP contribution is -2.36. The standard InChI is InChI=1S/C32H38N8O/c1-39-29(21-40-12-14-41-15-13-40)28(20-36-39)23-4-5-25-19-35-31(18-26(25)16-23)38-32(22-2-3-22)24-6-11-34-30(17-24)37-27-7-9-33-10-8-27/h4-6,11,16-20,27,33H,2-3,7-10,12-15,21H2,1H3,(H,34,37)(H,35,38). The molecule has 3 aromatic heterocycles. The third-order valence-corrected chi connectivity index (χ3v) is 8.42. The predicted molar refractivity (Wildman–Crippen MR) is 164 cm³/mol. The quantitative estimate of drug-likeness (QED) is 0.292. The van der Waals surface area contributed by atoms with Crippen LogP contribution in [-0.4, -0.2) is 70.1 Å². The van der Waals surface area contributed by atoms with Gasteiger partial charge in [-0.15, -0.1) is 0 Å². The summed E-state index contributed by atoms with van der Waals surface area (Å²) < 4.78 is 7.55. The molecule has 2 aliphatic heterocycles. The molecule has 41 heavy (non-hydrogen) atoms. The molecule has 0 atom stereocenters. The molecular formula is C32H38N8O. The molecule has 9 heteroatoms. The minimum atomic E-state index is 0.467. The zero-order valence-electron chi connectivity index (χ0n) is 23.7. The molecule has 1 aliphatic carbocycles. The van der Waals surface area contributed by atoms with Gasteiger partial charge in [0.25, 0.3) is 0 Å². The number of rotatable bonds is 8. The number of aryl methyl sites for hydroxylation is 1. The smallest absolute Gasteiger partial charge is 0.130 e. The fourth-order valence-electron chi connectivity index (χ4n) is 5.89. The summed E-state index contributed by atoms with van der Waals surface area (Å²) in [5.74, 6) is 1.80. The maximum Gasteiger partial charge on any atom is 0.130 e. The highest BCUT2D eigenvalue weighted by atomic mass is 16.5. The summed E-state index contributed by atoms with van der Waals surface area (Å²) in [5, 5.41) is 17.6. The Morgan fingerprint density at radius 3 is 2.66 bits per heavy atom. The maximum absolute atomic E-state index is 5.55. The van der Waals surface area contributed by atoms with Crippen molar-refractivity contribution in [1.82, 2.24) is 30.0 Å². The Bertz CT molecular complexity index is 1560. The first kappa shape index (κ1) is 26.1. The molecule has 0 bridgehead atoms. The van der Waals surface area contributed by atoms with E-state index in [9.17, 15) is 0 Å². The third-order valence-electron chi connectivity index (χ3n) is 8.42. The van der Waals surface area contributed by atoms with Gasteiger partial charge in [0.2, 0.25) is 0 Å². The molecule has 1 aromatic carbocycles. The Labute approximate surface area is 241 Å². The van der Waals surface area contributed by atoms with Crippen molar-refractivity contribution >= 4 is 28.1 Å². The molecule has 0 radical (unpaired) electrons. The van der Waals surface area contributed by atoms with Crippen molar-refractivity contribution in [2.75, 3.05) is 50.0 Å². The summed E-state index contributed by atoms with van der Waals surface area (Å²) in [7, 11) is 2.03. The van der Waals surface area contributed by atoms with Crippen LogP contribution in [0.1, 0.15) is 36.9 Å². The van der Waals surface area contributed by atoms with Crippen LogP contribution < -0.4 is 16.0 Å². The van der Waals surface area contributed by atoms with Gasteiger partial charge >= 0.3 is 0 Å². The van der Waals surface area contributed by atoms with Gasteiger partial charge < -0.3 is 20.7 Å². The summed E-state index contributed by atoms with van der Waals surface area (Å²) in [5.41, 5.74) is 7.33. The van der Waals surface area contributed by atoms with Crippen molar-refractivity contribution in [1.29, 1.82) is 0 Å². The van der Waals surface area contributed by atoms with Gasteiger partial charge in [-0.05, 0) is 79.6 Å². The summed E-state index contributed by atoms with van der Waals surface area (Å²) in [6.45, 7) is 6.47. The summed E-state index contributed by atoms with van der Waals surface area (Å²) in [4.78, 5) is 11.8. The van der Waals surface area contributed by atoms with E-state index in [0.717, 1.165) is 105 Å². The van der Waals surface area contributed by atoms with Crippen molar-refractivity contribution in [2.45, 2.75) is 38.3 Å². The van der Waals surface area contributed by atoms with Crippen molar-refractivity contribution in [3.63, 3.8) is 0 Å². The highest BCUT2D eigenvalue weighted by Gasteiger charge is 2.21. The summed E-state index contributed by atoms with van der Waals surface area (Å²) in [6.07, 6.45) is 10.3. The maximum atomic E-state index is 5.55. The van der Waals surface area contributed by atoms with Crippen LogP contribution in [0.25, 0.3) is 27.6 Å². The Morgan fingerprint density at radius 1 is 0.976 bits per heavy atom. The first-order valence-electron chi connectivity index (χ1n) is 14.8. The lowest BCUT2D eigenvalue weighted by molar-refractivity contribution is 0.0332. The van der Waals surface area contributed by atoms with Crippen molar-refractivity contribution in [3.05, 3.63) is 71.8 Å². The number of piperidine rings is 1. The topological polar surface area (TPSA) is 92.2 Å². The molecule has 3 aliphatic rings. The molecular weight excluding hydrogens is 512 g/mol. The van der Waals surface area contributed by atoms with E-state index in [0.29, 0.717) is 6.04 Å². The number of anilines is 2. The van der Waals surface area contributed by atoms with Crippen LogP contribution >= 0.6 is 0 Å². The molecule has 0 unspecified atom stereocenters. The van der Waals surface area contributed by atoms with Gasteiger partial charge in [-0.25, -0.2) is 9.97 Å². The average molecular weight is 551 g/mol. The van der Waals surface area contributed by atoms with Gasteiger partial charge in [-0.1, -0.05) is 12.1 Å². The van der Waals surface area contributed by atoms with E-state index >= 15 is 0 Å². The Hall–Kier alpha value is -3.79. The minimum absolute atomic E-state index is 0.467. The molecule has 9 nitrogen and oxygen atoms in total. The third kappa shape index (κ3) is 5.98. The fourth-order valence-corrected chi connectivity index (χ4v) is 5.89. The fraction of sp³-hybridized carbons (Fsp3) is 0.406. The number of pyridine rings is 2. The lowest BCUT2D eigenvalue weighted by atomic mass is 10.0. The number of allylic oxidation sites excluding steroid dienone is 1. The molecule has 3 fully saturated rings. The molecule has 0 amide bonds. The number of hydrogen-bond donors (Lipinski definition) is 3. The van der Waals surface area contributed by atoms with Crippen LogP contribution in [0.4, 0.5) is 11.6 Å². The zero-order valence-corrected chi connectivity index (χ0v) is 23.7. The van der Waals surface area contributed by atoms with Gasteiger partial charge in [-0.3, -0.25) is 9.58 Å². The van der Waals surface area contributed by atoms with Gasteiger partial charge in [-0.2, -0.15) is 5.10 Å². The number of aromatic nitrogens is 4. The number of ether oxygens (including phenoxy) is 1. The van der Waals surface area contributed by atoms with Crippen molar-refractivity contribution < 1.29 is 4.74 Å². The monoisotopic (exact) mass is 550 g/mol. The SMILES string of the molecule is Cn1ncc(-c2ccc3cnc(NC(=C4CC4)c4ccnc(NC5CCNCC5)c4)cc3c2)c1CN1CCOCC1. The van der Waals surface area contributed by atoms with E-state index in [2.05, 4.69) is 67.3 Å². The van der Waals surface area contributed by atoms with Crippen LogP contribution in [0, 0.1) is 0 Å². The Kier molecular flexibility index (Phi) is 7.39. The van der Waals surface area contributed by atoms with E-state index in [4.69, 9.17) is 9.72 Å². The second kappa shape index (κ2) is 11.6. The van der Waals surface area contributed by atoms with Crippen LogP contribution in [-0.2, 0) is 18.3 Å². The van der Waals surface area contributed by atoms with E-state index in [1.807, 2.05) is 30.3 Å². The predicted octanol–water partition coefficient (Wildman–Crippen LogP) is 4.64. The highest BCUT2D eigenvalue weighted by Crippen LogP contribution is 2.37. The first-order chi connectivity index (χ1) is 20.2. The number of benzene rings is 1. The normalized spacial score (nSPS) is 18.0. The lowest BCUT2D eigenvalue weighted by Gasteiger charge is -2.27. The second-order valence-corrected chi connectivity index (χ2v) is 11.4. The molecule has 5 heterocycles. The Morgan fingerprint density at radius 2 is 1.83 bits per heavy atom. The number of nitrogens with one attached hydrogen (secondary N) is 3. The molecule has 4 aromatic rings. The van der Waals surface area contributed by atoms with E-state index < -0.39 is 0 Å². The average Bonchev–Trinajstić information content (AvgIpc) is 3.79. The number of fused-ring (bicyclic) bond motifs is 1. The molecule has 0 spiro atoms. The first-order valence-corrected chi connectivity index (χ1v) is 14.8. The minimum Gasteiger partial charge on any atom is -0.379 e. The molecule has 2 saturated heterocycles. The van der Waals surface area contributed by atoms with E-state index in [1.165, 1.54) is 22.4 Å². The van der Waals surface area contributed by atoms with Crippen LogP contribution in [0.2, 0.25) is 0 Å². The largest absolute Gasteiger partial charge is 0.379 e. The number of nitrogens with zero attached hydrogens (tertiary/aromatic N) is 5. The van der Waals surface area contributed by atoms with Crippen LogP contribution in [0.15, 0.2) is 60.6 Å².